The molecule has 0 aromatic carbocycles. The molecule has 0 spiro atoms. The van der Waals surface area contributed by atoms with Crippen LogP contribution in [0.25, 0.3) is 0 Å². The smallest absolute Gasteiger partial charge is 0.0569 e. The van der Waals surface area contributed by atoms with Crippen LogP contribution in [0.2, 0.25) is 0 Å². The average molecular weight is 131 g/mol. The third kappa shape index (κ3) is 1.05. The highest BCUT2D eigenvalue weighted by Crippen LogP contribution is 2.25. The minimum absolute atomic E-state index is 0.426. The first kappa shape index (κ1) is 6.14. The summed E-state index contributed by atoms with van der Waals surface area (Å²) in [4.78, 5) is 0. The van der Waals surface area contributed by atoms with E-state index in [0.717, 1.165) is 18.1 Å². The number of hydrogen-bond donors (Lipinski definition) is 0. The van der Waals surface area contributed by atoms with Crippen LogP contribution >= 0.6 is 0 Å². The summed E-state index contributed by atoms with van der Waals surface area (Å²) in [5.74, 6) is 0.678. The molecule has 0 aromatic heterocycles. The van der Waals surface area contributed by atoms with Crippen LogP contribution in [0.4, 0.5) is 0 Å². The molecule has 0 amide bonds. The lowest BCUT2D eigenvalue weighted by Crippen LogP contribution is -2.07. The van der Waals surface area contributed by atoms with Gasteiger partial charge in [-0.1, -0.05) is 6.92 Å². The van der Waals surface area contributed by atoms with E-state index >= 15 is 0 Å². The van der Waals surface area contributed by atoms with Gasteiger partial charge in [0.05, 0.1) is 0 Å². The van der Waals surface area contributed by atoms with Crippen molar-refractivity contribution in [3.05, 3.63) is 0 Å². The van der Waals surface area contributed by atoms with Crippen molar-refractivity contribution in [3.8, 4) is 0 Å². The quantitative estimate of drug-likeness (QED) is 0.494. The molecule has 1 nitrogen and oxygen atoms in total. The summed E-state index contributed by atoms with van der Waals surface area (Å²) in [5.41, 5.74) is 0. The molecule has 46 valence electrons. The molecule has 0 aliphatic heterocycles. The van der Waals surface area contributed by atoms with Gasteiger partial charge in [-0.25, -0.2) is 0 Å². The molecular weight excluding hydrogens is 120 g/mol. The minimum Gasteiger partial charge on any atom is -0.0569 e. The van der Waals surface area contributed by atoms with Gasteiger partial charge in [0.15, 0.2) is 0 Å². The second-order valence-electron chi connectivity index (χ2n) is 2.54. The lowest BCUT2D eigenvalue weighted by molar-refractivity contribution is 0.572. The van der Waals surface area contributed by atoms with Gasteiger partial charge in [0, 0.05) is 16.5 Å². The highest BCUT2D eigenvalue weighted by molar-refractivity contribution is 7.66. The van der Waals surface area contributed by atoms with Crippen molar-refractivity contribution < 1.29 is 4.21 Å². The zero-order valence-corrected chi connectivity index (χ0v) is 5.91. The van der Waals surface area contributed by atoms with E-state index in [9.17, 15) is 4.21 Å². The van der Waals surface area contributed by atoms with E-state index in [2.05, 4.69) is 6.92 Å². The maximum Gasteiger partial charge on any atom is 0.462 e. The van der Waals surface area contributed by atoms with Gasteiger partial charge in [0.2, 0.25) is 5.25 Å². The van der Waals surface area contributed by atoms with E-state index in [1.165, 1.54) is 12.8 Å². The van der Waals surface area contributed by atoms with Crippen molar-refractivity contribution >= 4 is 11.7 Å². The van der Waals surface area contributed by atoms with Gasteiger partial charge in [-0.15, -0.1) is 0 Å². The lowest BCUT2D eigenvalue weighted by atomic mass is 10.1. The molecule has 1 saturated carbocycles. The Morgan fingerprint density at radius 2 is 2.25 bits per heavy atom. The van der Waals surface area contributed by atoms with E-state index in [-0.39, 0.29) is 0 Å². The standard InChI is InChI=1S/C6H11OS/c1-5-3-2-4-6(5)8-7/h5-6H,2-4H2,1H3/q+1. The van der Waals surface area contributed by atoms with Crippen molar-refractivity contribution in [1.82, 2.24) is 0 Å². The fourth-order valence-corrected chi connectivity index (χ4v) is 1.84. The first-order valence-electron chi connectivity index (χ1n) is 3.13. The predicted molar refractivity (Wildman–Crippen MR) is 34.9 cm³/mol. The van der Waals surface area contributed by atoms with Crippen LogP contribution < -0.4 is 0 Å². The Balaban J connectivity index is 2.41. The molecule has 0 N–H and O–H groups in total. The van der Waals surface area contributed by atoms with Crippen molar-refractivity contribution in [2.75, 3.05) is 0 Å². The van der Waals surface area contributed by atoms with Crippen LogP contribution in [0.15, 0.2) is 0 Å². The molecule has 8 heavy (non-hydrogen) atoms. The van der Waals surface area contributed by atoms with E-state index in [4.69, 9.17) is 0 Å². The van der Waals surface area contributed by atoms with Crippen molar-refractivity contribution in [3.63, 3.8) is 0 Å². The summed E-state index contributed by atoms with van der Waals surface area (Å²) in [7, 11) is 0. The van der Waals surface area contributed by atoms with E-state index in [0.29, 0.717) is 11.2 Å². The molecule has 1 rings (SSSR count). The predicted octanol–water partition coefficient (Wildman–Crippen LogP) is 1.60. The average Bonchev–Trinajstić information content (AvgIpc) is 2.14. The molecular formula is C6H11OS+. The highest BCUT2D eigenvalue weighted by atomic mass is 32.1. The van der Waals surface area contributed by atoms with Crippen LogP contribution in [-0.4, -0.2) is 5.25 Å². The number of rotatable bonds is 1. The molecule has 0 radical (unpaired) electrons. The fraction of sp³-hybridized carbons (Fsp3) is 1.00. The molecule has 2 unspecified atom stereocenters. The summed E-state index contributed by atoms with van der Waals surface area (Å²) in [6, 6.07) is 0. The van der Waals surface area contributed by atoms with Gasteiger partial charge in [-0.3, -0.25) is 0 Å². The normalized spacial score (nSPS) is 37.6. The Morgan fingerprint density at radius 1 is 1.50 bits per heavy atom. The third-order valence-corrected chi connectivity index (χ3v) is 2.85. The summed E-state index contributed by atoms with van der Waals surface area (Å²) in [5, 5.41) is 0.426. The summed E-state index contributed by atoms with van der Waals surface area (Å²) >= 11 is 0.791. The molecule has 1 aliphatic carbocycles. The second kappa shape index (κ2) is 2.53. The van der Waals surface area contributed by atoms with Gasteiger partial charge in [-0.05, 0) is 12.8 Å². The van der Waals surface area contributed by atoms with E-state index in [1.807, 2.05) is 0 Å². The Kier molecular flexibility index (Phi) is 1.95. The fourth-order valence-electron chi connectivity index (χ4n) is 1.25. The number of hydrogen-bond acceptors (Lipinski definition) is 1. The molecule has 1 aliphatic rings. The first-order chi connectivity index (χ1) is 3.84. The van der Waals surface area contributed by atoms with E-state index in [1.54, 1.807) is 0 Å². The van der Waals surface area contributed by atoms with Crippen LogP contribution in [0.5, 0.6) is 0 Å². The van der Waals surface area contributed by atoms with Gasteiger partial charge in [-0.2, -0.15) is 0 Å². The Labute approximate surface area is 54.0 Å². The van der Waals surface area contributed by atoms with Gasteiger partial charge in [0.1, 0.15) is 0 Å². The van der Waals surface area contributed by atoms with Crippen LogP contribution in [0.3, 0.4) is 0 Å². The maximum absolute atomic E-state index is 10.3. The summed E-state index contributed by atoms with van der Waals surface area (Å²) < 4.78 is 10.3. The Hall–Kier alpha value is 0.0200. The van der Waals surface area contributed by atoms with Crippen LogP contribution in [0.1, 0.15) is 26.2 Å². The molecule has 1 fully saturated rings. The SMILES string of the molecule is CC1CCCC1[S+]=O. The van der Waals surface area contributed by atoms with Crippen molar-refractivity contribution in [1.29, 1.82) is 0 Å². The molecule has 2 atom stereocenters. The van der Waals surface area contributed by atoms with Crippen LogP contribution in [-0.2, 0) is 15.9 Å². The van der Waals surface area contributed by atoms with Crippen LogP contribution in [0, 0.1) is 5.92 Å². The third-order valence-electron chi connectivity index (χ3n) is 1.91. The molecule has 0 saturated heterocycles. The largest absolute Gasteiger partial charge is 0.462 e. The topological polar surface area (TPSA) is 17.1 Å². The zero-order valence-electron chi connectivity index (χ0n) is 5.09. The molecule has 0 aromatic rings. The summed E-state index contributed by atoms with van der Waals surface area (Å²) in [6.07, 6.45) is 3.68. The Morgan fingerprint density at radius 3 is 2.50 bits per heavy atom. The second-order valence-corrected chi connectivity index (χ2v) is 3.34. The van der Waals surface area contributed by atoms with Gasteiger partial charge >= 0.3 is 11.7 Å². The lowest BCUT2D eigenvalue weighted by Gasteiger charge is -1.92. The Bertz CT molecular complexity index is 92.5. The molecule has 0 bridgehead atoms. The molecule has 0 heterocycles. The van der Waals surface area contributed by atoms with Crippen molar-refractivity contribution in [2.45, 2.75) is 31.4 Å². The first-order valence-corrected chi connectivity index (χ1v) is 3.93. The maximum atomic E-state index is 10.3. The zero-order chi connectivity index (χ0) is 5.98. The monoisotopic (exact) mass is 131 g/mol. The summed E-state index contributed by atoms with van der Waals surface area (Å²) in [6.45, 7) is 2.17. The van der Waals surface area contributed by atoms with Crippen molar-refractivity contribution in [2.24, 2.45) is 5.92 Å². The van der Waals surface area contributed by atoms with Gasteiger partial charge in [0.25, 0.3) is 0 Å². The molecule has 2 heteroatoms. The van der Waals surface area contributed by atoms with Gasteiger partial charge < -0.3 is 0 Å². The highest BCUT2D eigenvalue weighted by Gasteiger charge is 2.33. The minimum atomic E-state index is 0.426. The van der Waals surface area contributed by atoms with E-state index < -0.39 is 0 Å².